The van der Waals surface area contributed by atoms with E-state index in [1.807, 2.05) is 6.07 Å². The highest BCUT2D eigenvalue weighted by atomic mass is 32.2. The van der Waals surface area contributed by atoms with Crippen LogP contribution < -0.4 is 4.72 Å². The van der Waals surface area contributed by atoms with E-state index in [-0.39, 0.29) is 16.8 Å². The van der Waals surface area contributed by atoms with E-state index >= 15 is 0 Å². The SMILES string of the molecule is C[C@@H](O)C(=O)N1CCc2ccc(S(=O)(=O)NC3CCC3)cc2C1. The van der Waals surface area contributed by atoms with Crippen molar-refractivity contribution < 1.29 is 18.3 Å². The van der Waals surface area contributed by atoms with Crippen molar-refractivity contribution in [2.45, 2.75) is 56.2 Å². The van der Waals surface area contributed by atoms with E-state index in [9.17, 15) is 18.3 Å². The van der Waals surface area contributed by atoms with Gasteiger partial charge in [0.15, 0.2) is 0 Å². The molecule has 2 aliphatic rings. The average molecular weight is 338 g/mol. The molecule has 2 N–H and O–H groups in total. The first-order chi connectivity index (χ1) is 10.9. The molecule has 3 rings (SSSR count). The van der Waals surface area contributed by atoms with Gasteiger partial charge in [-0.1, -0.05) is 12.5 Å². The van der Waals surface area contributed by atoms with Crippen molar-refractivity contribution in [3.63, 3.8) is 0 Å². The van der Waals surface area contributed by atoms with Crippen molar-refractivity contribution in [1.29, 1.82) is 0 Å². The van der Waals surface area contributed by atoms with Crippen molar-refractivity contribution in [3.8, 4) is 0 Å². The third kappa shape index (κ3) is 3.41. The van der Waals surface area contributed by atoms with Crippen molar-refractivity contribution in [1.82, 2.24) is 9.62 Å². The molecule has 0 unspecified atom stereocenters. The molecule has 126 valence electrons. The number of nitrogens with zero attached hydrogens (tertiary/aromatic N) is 1. The molecule has 1 saturated carbocycles. The zero-order chi connectivity index (χ0) is 16.6. The molecule has 23 heavy (non-hydrogen) atoms. The molecule has 0 spiro atoms. The average Bonchev–Trinajstić information content (AvgIpc) is 2.49. The van der Waals surface area contributed by atoms with Crippen LogP contribution in [0.5, 0.6) is 0 Å². The van der Waals surface area contributed by atoms with Gasteiger partial charge in [0, 0.05) is 19.1 Å². The lowest BCUT2D eigenvalue weighted by Gasteiger charge is -2.30. The number of benzene rings is 1. The van der Waals surface area contributed by atoms with E-state index in [1.165, 1.54) is 6.92 Å². The fourth-order valence-corrected chi connectivity index (χ4v) is 4.32. The van der Waals surface area contributed by atoms with Gasteiger partial charge in [-0.05, 0) is 49.4 Å². The van der Waals surface area contributed by atoms with Crippen LogP contribution in [0.4, 0.5) is 0 Å². The van der Waals surface area contributed by atoms with Crippen LogP contribution in [0.3, 0.4) is 0 Å². The predicted molar refractivity (Wildman–Crippen MR) is 85.2 cm³/mol. The summed E-state index contributed by atoms with van der Waals surface area (Å²) in [6.07, 6.45) is 2.48. The van der Waals surface area contributed by atoms with E-state index in [1.54, 1.807) is 17.0 Å². The Morgan fingerprint density at radius 3 is 2.70 bits per heavy atom. The standard InChI is InChI=1S/C16H22N2O4S/c1-11(19)16(20)18-8-7-12-5-6-15(9-13(12)10-18)23(21,22)17-14-3-2-4-14/h5-6,9,11,14,17,19H,2-4,7-8,10H2,1H3/t11-/m1/s1. The van der Waals surface area contributed by atoms with Gasteiger partial charge < -0.3 is 10.0 Å². The third-order valence-corrected chi connectivity index (χ3v) is 6.11. The molecule has 1 aromatic rings. The Hall–Kier alpha value is -1.44. The van der Waals surface area contributed by atoms with Crippen LogP contribution in [0, 0.1) is 0 Å². The first-order valence-electron chi connectivity index (χ1n) is 7.98. The number of carbonyl (C=O) groups excluding carboxylic acids is 1. The summed E-state index contributed by atoms with van der Waals surface area (Å²) in [5.74, 6) is -0.323. The van der Waals surface area contributed by atoms with Gasteiger partial charge in [-0.25, -0.2) is 13.1 Å². The summed E-state index contributed by atoms with van der Waals surface area (Å²) >= 11 is 0. The Balaban J connectivity index is 1.81. The summed E-state index contributed by atoms with van der Waals surface area (Å²) in [6, 6.07) is 5.16. The predicted octanol–water partition coefficient (Wildman–Crippen LogP) is 0.783. The van der Waals surface area contributed by atoms with Crippen LogP contribution in [0.2, 0.25) is 0 Å². The van der Waals surface area contributed by atoms with Crippen LogP contribution in [0.1, 0.15) is 37.3 Å². The first kappa shape index (κ1) is 16.4. The van der Waals surface area contributed by atoms with Gasteiger partial charge >= 0.3 is 0 Å². The van der Waals surface area contributed by atoms with Crippen LogP contribution in [0.15, 0.2) is 23.1 Å². The molecule has 1 heterocycles. The number of aliphatic hydroxyl groups excluding tert-OH is 1. The normalized spacial score (nSPS) is 19.8. The first-order valence-corrected chi connectivity index (χ1v) is 9.46. The number of rotatable bonds is 4. The number of hydrogen-bond donors (Lipinski definition) is 2. The Bertz CT molecular complexity index is 711. The zero-order valence-electron chi connectivity index (χ0n) is 13.2. The number of aliphatic hydroxyl groups is 1. The van der Waals surface area contributed by atoms with Gasteiger partial charge in [0.2, 0.25) is 10.0 Å². The Morgan fingerprint density at radius 2 is 2.09 bits per heavy atom. The number of fused-ring (bicyclic) bond motifs is 1. The zero-order valence-corrected chi connectivity index (χ0v) is 14.0. The van der Waals surface area contributed by atoms with Crippen LogP contribution >= 0.6 is 0 Å². The maximum absolute atomic E-state index is 12.4. The smallest absolute Gasteiger partial charge is 0.251 e. The molecule has 7 heteroatoms. The molecular weight excluding hydrogens is 316 g/mol. The van der Waals surface area contributed by atoms with Gasteiger partial charge in [0.05, 0.1) is 4.90 Å². The number of carbonyl (C=O) groups is 1. The molecule has 1 fully saturated rings. The van der Waals surface area contributed by atoms with Gasteiger partial charge in [0.1, 0.15) is 6.10 Å². The number of sulfonamides is 1. The largest absolute Gasteiger partial charge is 0.384 e. The molecule has 0 aromatic heterocycles. The van der Waals surface area contributed by atoms with E-state index < -0.39 is 16.1 Å². The molecule has 1 atom stereocenters. The molecule has 1 aromatic carbocycles. The molecular formula is C16H22N2O4S. The summed E-state index contributed by atoms with van der Waals surface area (Å²) in [7, 11) is -3.51. The van der Waals surface area contributed by atoms with Crippen LogP contribution in [-0.2, 0) is 27.8 Å². The molecule has 1 amide bonds. The molecule has 1 aliphatic carbocycles. The Labute approximate surface area is 136 Å². The lowest BCUT2D eigenvalue weighted by molar-refractivity contribution is -0.140. The van der Waals surface area contributed by atoms with E-state index in [2.05, 4.69) is 4.72 Å². The Kier molecular flexibility index (Phi) is 4.44. The van der Waals surface area contributed by atoms with Gasteiger partial charge in [-0.3, -0.25) is 4.79 Å². The summed E-state index contributed by atoms with van der Waals surface area (Å²) in [4.78, 5) is 13.7. The minimum absolute atomic E-state index is 0.0457. The topological polar surface area (TPSA) is 86.7 Å². The third-order valence-electron chi connectivity index (χ3n) is 4.60. The Morgan fingerprint density at radius 1 is 1.35 bits per heavy atom. The minimum Gasteiger partial charge on any atom is -0.384 e. The molecule has 0 radical (unpaired) electrons. The van der Waals surface area contributed by atoms with Crippen LogP contribution in [-0.4, -0.2) is 43.0 Å². The second-order valence-corrected chi connectivity index (χ2v) is 8.08. The van der Waals surface area contributed by atoms with E-state index in [4.69, 9.17) is 0 Å². The second-order valence-electron chi connectivity index (χ2n) is 6.37. The highest BCUT2D eigenvalue weighted by Gasteiger charge is 2.27. The van der Waals surface area contributed by atoms with Crippen molar-refractivity contribution in [2.24, 2.45) is 0 Å². The summed E-state index contributed by atoms with van der Waals surface area (Å²) in [6.45, 7) is 2.33. The lowest BCUT2D eigenvalue weighted by Crippen LogP contribution is -2.41. The monoisotopic (exact) mass is 338 g/mol. The van der Waals surface area contributed by atoms with Crippen LogP contribution in [0.25, 0.3) is 0 Å². The van der Waals surface area contributed by atoms with E-state index in [0.717, 1.165) is 30.4 Å². The van der Waals surface area contributed by atoms with Gasteiger partial charge in [-0.15, -0.1) is 0 Å². The maximum atomic E-state index is 12.4. The lowest BCUT2D eigenvalue weighted by atomic mass is 9.94. The molecule has 1 aliphatic heterocycles. The number of hydrogen-bond acceptors (Lipinski definition) is 4. The van der Waals surface area contributed by atoms with Crippen molar-refractivity contribution >= 4 is 15.9 Å². The fourth-order valence-electron chi connectivity index (χ4n) is 2.97. The van der Waals surface area contributed by atoms with Crippen molar-refractivity contribution in [2.75, 3.05) is 6.54 Å². The highest BCUT2D eigenvalue weighted by molar-refractivity contribution is 7.89. The van der Waals surface area contributed by atoms with Gasteiger partial charge in [-0.2, -0.15) is 0 Å². The van der Waals surface area contributed by atoms with Gasteiger partial charge in [0.25, 0.3) is 5.91 Å². The fraction of sp³-hybridized carbons (Fsp3) is 0.562. The highest BCUT2D eigenvalue weighted by Crippen LogP contribution is 2.25. The maximum Gasteiger partial charge on any atom is 0.251 e. The minimum atomic E-state index is -3.51. The molecule has 6 nitrogen and oxygen atoms in total. The summed E-state index contributed by atoms with van der Waals surface area (Å²) < 4.78 is 27.5. The second kappa shape index (κ2) is 6.22. The van der Waals surface area contributed by atoms with Crippen molar-refractivity contribution in [3.05, 3.63) is 29.3 Å². The molecule has 0 bridgehead atoms. The number of amides is 1. The quantitative estimate of drug-likeness (QED) is 0.849. The summed E-state index contributed by atoms with van der Waals surface area (Å²) in [5, 5.41) is 9.44. The van der Waals surface area contributed by atoms with E-state index in [0.29, 0.717) is 19.5 Å². The number of nitrogens with one attached hydrogen (secondary N) is 1. The summed E-state index contributed by atoms with van der Waals surface area (Å²) in [5.41, 5.74) is 1.89. The molecule has 0 saturated heterocycles.